The van der Waals surface area contributed by atoms with Gasteiger partial charge in [0.1, 0.15) is 31.0 Å². The molecule has 8 nitrogen and oxygen atoms in total. The molecule has 5 atom stereocenters. The Bertz CT molecular complexity index is 319. The number of carbonyl (C=O) groups is 2. The van der Waals surface area contributed by atoms with E-state index in [0.29, 0.717) is 0 Å². The summed E-state index contributed by atoms with van der Waals surface area (Å²) < 4.78 is 9.62. The average molecular weight is 263 g/mol. The van der Waals surface area contributed by atoms with Crippen LogP contribution in [-0.4, -0.2) is 64.4 Å². The number of nitrogens with one attached hydrogen (secondary N) is 1. The first-order valence-corrected chi connectivity index (χ1v) is 5.43. The lowest BCUT2D eigenvalue weighted by atomic mass is 9.97. The Balaban J connectivity index is 2.64. The molecular weight excluding hydrogens is 246 g/mol. The number of rotatable bonds is 3. The molecule has 0 aromatic heterocycles. The minimum absolute atomic E-state index is 0.294. The van der Waals surface area contributed by atoms with E-state index in [9.17, 15) is 24.9 Å². The van der Waals surface area contributed by atoms with Gasteiger partial charge in [0, 0.05) is 13.8 Å². The molecule has 0 saturated carbocycles. The highest BCUT2D eigenvalue weighted by atomic mass is 16.6. The maximum absolute atomic E-state index is 10.9. The number of hydrogen-bond acceptors (Lipinski definition) is 7. The standard InChI is InChI=1S/C10H17NO7/c1-4(12)11-7-9(15)8(14)6(18-10(7)16)3-17-5(2)13/h6-10,14-16H,3H2,1-2H3,(H,11,12)/t6-,7-,8-,9-,10?/m1/s1. The summed E-state index contributed by atoms with van der Waals surface area (Å²) in [7, 11) is 0. The van der Waals surface area contributed by atoms with Gasteiger partial charge in [-0.3, -0.25) is 9.59 Å². The van der Waals surface area contributed by atoms with Crippen molar-refractivity contribution in [2.45, 2.75) is 44.5 Å². The predicted molar refractivity (Wildman–Crippen MR) is 57.1 cm³/mol. The first-order chi connectivity index (χ1) is 8.32. The van der Waals surface area contributed by atoms with E-state index in [1.54, 1.807) is 0 Å². The van der Waals surface area contributed by atoms with Crippen LogP contribution in [-0.2, 0) is 19.1 Å². The van der Waals surface area contributed by atoms with Crippen LogP contribution in [0.5, 0.6) is 0 Å². The highest BCUT2D eigenvalue weighted by Gasteiger charge is 2.44. The average Bonchev–Trinajstić information content (AvgIpc) is 2.27. The zero-order valence-electron chi connectivity index (χ0n) is 10.1. The van der Waals surface area contributed by atoms with Gasteiger partial charge in [0.25, 0.3) is 0 Å². The summed E-state index contributed by atoms with van der Waals surface area (Å²) in [6.45, 7) is 2.09. The summed E-state index contributed by atoms with van der Waals surface area (Å²) >= 11 is 0. The molecule has 4 N–H and O–H groups in total. The Morgan fingerprint density at radius 1 is 1.22 bits per heavy atom. The van der Waals surface area contributed by atoms with Gasteiger partial charge in [-0.25, -0.2) is 0 Å². The number of ether oxygens (including phenoxy) is 2. The van der Waals surface area contributed by atoms with E-state index in [1.807, 2.05) is 0 Å². The molecule has 8 heteroatoms. The van der Waals surface area contributed by atoms with E-state index in [0.717, 1.165) is 0 Å². The van der Waals surface area contributed by atoms with Crippen LogP contribution in [0, 0.1) is 0 Å². The molecule has 0 aromatic carbocycles. The third-order valence-corrected chi connectivity index (χ3v) is 2.54. The quantitative estimate of drug-likeness (QED) is 0.414. The van der Waals surface area contributed by atoms with Gasteiger partial charge >= 0.3 is 5.97 Å². The topological polar surface area (TPSA) is 125 Å². The molecule has 18 heavy (non-hydrogen) atoms. The Labute approximate surface area is 104 Å². The van der Waals surface area contributed by atoms with Crippen molar-refractivity contribution in [3.05, 3.63) is 0 Å². The second kappa shape index (κ2) is 6.10. The molecule has 0 spiro atoms. The highest BCUT2D eigenvalue weighted by Crippen LogP contribution is 2.20. The first-order valence-electron chi connectivity index (χ1n) is 5.43. The number of amides is 1. The SMILES string of the molecule is CC(=O)N[C@H]1C(O)O[C@H](COC(C)=O)[C@@H](O)[C@@H]1O. The molecule has 1 aliphatic heterocycles. The predicted octanol–water partition coefficient (Wildman–Crippen LogP) is -2.51. The maximum atomic E-state index is 10.9. The van der Waals surface area contributed by atoms with Crippen LogP contribution in [0.15, 0.2) is 0 Å². The Morgan fingerprint density at radius 2 is 1.83 bits per heavy atom. The highest BCUT2D eigenvalue weighted by molar-refractivity contribution is 5.73. The van der Waals surface area contributed by atoms with Crippen LogP contribution in [0.25, 0.3) is 0 Å². The van der Waals surface area contributed by atoms with Gasteiger partial charge in [0.2, 0.25) is 5.91 Å². The third kappa shape index (κ3) is 3.64. The summed E-state index contributed by atoms with van der Waals surface area (Å²) in [6, 6.07) is -1.13. The summed E-state index contributed by atoms with van der Waals surface area (Å²) in [4.78, 5) is 21.5. The van der Waals surface area contributed by atoms with Crippen molar-refractivity contribution in [3.63, 3.8) is 0 Å². The van der Waals surface area contributed by atoms with E-state index >= 15 is 0 Å². The molecule has 1 unspecified atom stereocenters. The number of esters is 1. The maximum Gasteiger partial charge on any atom is 0.302 e. The third-order valence-electron chi connectivity index (χ3n) is 2.54. The van der Waals surface area contributed by atoms with Crippen LogP contribution >= 0.6 is 0 Å². The van der Waals surface area contributed by atoms with Gasteiger partial charge in [0.05, 0.1) is 0 Å². The van der Waals surface area contributed by atoms with Crippen molar-refractivity contribution < 1.29 is 34.4 Å². The zero-order valence-corrected chi connectivity index (χ0v) is 10.1. The summed E-state index contributed by atoms with van der Waals surface area (Å²) in [5.41, 5.74) is 0. The number of carbonyl (C=O) groups excluding carboxylic acids is 2. The molecule has 0 bridgehead atoms. The fourth-order valence-electron chi connectivity index (χ4n) is 1.67. The number of aliphatic hydroxyl groups excluding tert-OH is 3. The van der Waals surface area contributed by atoms with Crippen molar-refractivity contribution >= 4 is 11.9 Å². The van der Waals surface area contributed by atoms with Gasteiger partial charge in [-0.2, -0.15) is 0 Å². The van der Waals surface area contributed by atoms with Gasteiger partial charge < -0.3 is 30.1 Å². The lowest BCUT2D eigenvalue weighted by molar-refractivity contribution is -0.255. The second-order valence-corrected chi connectivity index (χ2v) is 4.08. The van der Waals surface area contributed by atoms with Crippen molar-refractivity contribution in [2.24, 2.45) is 0 Å². The second-order valence-electron chi connectivity index (χ2n) is 4.08. The molecule has 0 radical (unpaired) electrons. The van der Waals surface area contributed by atoms with Crippen LogP contribution in [0.3, 0.4) is 0 Å². The van der Waals surface area contributed by atoms with Crippen LogP contribution in [0.4, 0.5) is 0 Å². The van der Waals surface area contributed by atoms with Crippen molar-refractivity contribution in [1.82, 2.24) is 5.32 Å². The molecule has 0 aromatic rings. The van der Waals surface area contributed by atoms with Crippen molar-refractivity contribution in [3.8, 4) is 0 Å². The van der Waals surface area contributed by atoms with E-state index in [2.05, 4.69) is 10.1 Å². The number of aliphatic hydroxyl groups is 3. The smallest absolute Gasteiger partial charge is 0.302 e. The Morgan fingerprint density at radius 3 is 2.33 bits per heavy atom. The monoisotopic (exact) mass is 263 g/mol. The van der Waals surface area contributed by atoms with Crippen LogP contribution in [0.2, 0.25) is 0 Å². The van der Waals surface area contributed by atoms with E-state index in [1.165, 1.54) is 13.8 Å². The van der Waals surface area contributed by atoms with E-state index in [-0.39, 0.29) is 6.61 Å². The fraction of sp³-hybridized carbons (Fsp3) is 0.800. The molecule has 1 amide bonds. The Hall–Kier alpha value is -1.22. The molecule has 1 saturated heterocycles. The van der Waals surface area contributed by atoms with Crippen LogP contribution in [0.1, 0.15) is 13.8 Å². The van der Waals surface area contributed by atoms with Gasteiger partial charge in [-0.05, 0) is 0 Å². The molecule has 1 fully saturated rings. The molecule has 1 heterocycles. The Kier molecular flexibility index (Phi) is 5.03. The molecule has 0 aliphatic carbocycles. The normalized spacial score (nSPS) is 35.9. The van der Waals surface area contributed by atoms with E-state index in [4.69, 9.17) is 4.74 Å². The minimum Gasteiger partial charge on any atom is -0.463 e. The zero-order chi connectivity index (χ0) is 13.9. The molecular formula is C10H17NO7. The summed E-state index contributed by atoms with van der Waals surface area (Å²) in [5, 5.41) is 31.3. The minimum atomic E-state index is -1.49. The first kappa shape index (κ1) is 14.8. The molecule has 104 valence electrons. The van der Waals surface area contributed by atoms with Gasteiger partial charge in [-0.1, -0.05) is 0 Å². The van der Waals surface area contributed by atoms with Gasteiger partial charge in [0.15, 0.2) is 6.29 Å². The largest absolute Gasteiger partial charge is 0.463 e. The van der Waals surface area contributed by atoms with Crippen molar-refractivity contribution in [2.75, 3.05) is 6.61 Å². The lowest BCUT2D eigenvalue weighted by Crippen LogP contribution is -2.64. The van der Waals surface area contributed by atoms with Crippen LogP contribution < -0.4 is 5.32 Å². The van der Waals surface area contributed by atoms with E-state index < -0.39 is 42.5 Å². The molecule has 1 aliphatic rings. The molecule has 1 rings (SSSR count). The lowest BCUT2D eigenvalue weighted by Gasteiger charge is -2.40. The number of hydrogen-bond donors (Lipinski definition) is 4. The van der Waals surface area contributed by atoms with Gasteiger partial charge in [-0.15, -0.1) is 0 Å². The summed E-state index contributed by atoms with van der Waals surface area (Å²) in [5.74, 6) is -1.05. The summed E-state index contributed by atoms with van der Waals surface area (Å²) in [6.07, 6.45) is -5.35. The van der Waals surface area contributed by atoms with Crippen molar-refractivity contribution in [1.29, 1.82) is 0 Å². The fourth-order valence-corrected chi connectivity index (χ4v) is 1.67.